The van der Waals surface area contributed by atoms with E-state index in [-0.39, 0.29) is 0 Å². The molecule has 78 valence electrons. The van der Waals surface area contributed by atoms with Gasteiger partial charge < -0.3 is 4.90 Å². The molecule has 0 aliphatic carbocycles. The highest BCUT2D eigenvalue weighted by Gasteiger charge is 2.35. The molecule has 1 heterocycles. The number of piperidine rings is 1. The summed E-state index contributed by atoms with van der Waals surface area (Å²) in [5.41, 5.74) is 0.557. The molecule has 1 nitrogen and oxygen atoms in total. The predicted octanol–water partition coefficient (Wildman–Crippen LogP) is 3.01. The molecular weight excluding hydrogens is 158 g/mol. The van der Waals surface area contributed by atoms with Crippen molar-refractivity contribution in [1.29, 1.82) is 0 Å². The summed E-state index contributed by atoms with van der Waals surface area (Å²) >= 11 is 0. The first-order valence-electron chi connectivity index (χ1n) is 5.62. The van der Waals surface area contributed by atoms with Crippen LogP contribution in [0.25, 0.3) is 0 Å². The van der Waals surface area contributed by atoms with E-state index in [1.807, 2.05) is 0 Å². The van der Waals surface area contributed by atoms with E-state index in [4.69, 9.17) is 0 Å². The average molecular weight is 183 g/mol. The lowest BCUT2D eigenvalue weighted by molar-refractivity contribution is 0.0471. The average Bonchev–Trinajstić information content (AvgIpc) is 1.95. The number of likely N-dealkylation sites (tertiary alicyclic amines) is 1. The molecule has 0 aromatic heterocycles. The minimum absolute atomic E-state index is 0.557. The third kappa shape index (κ3) is 2.70. The zero-order valence-corrected chi connectivity index (χ0v) is 9.93. The normalized spacial score (nSPS) is 36.9. The molecule has 1 rings (SSSR count). The Hall–Kier alpha value is -0.0400. The Labute approximate surface area is 83.5 Å². The minimum Gasteiger partial charge on any atom is -0.306 e. The smallest absolute Gasteiger partial charge is 0.00349 e. The third-order valence-corrected chi connectivity index (χ3v) is 3.64. The van der Waals surface area contributed by atoms with E-state index in [9.17, 15) is 0 Å². The zero-order chi connectivity index (χ0) is 10.1. The Morgan fingerprint density at radius 1 is 1.46 bits per heavy atom. The zero-order valence-electron chi connectivity index (χ0n) is 9.93. The minimum atomic E-state index is 0.557. The quantitative estimate of drug-likeness (QED) is 0.636. The van der Waals surface area contributed by atoms with Gasteiger partial charge in [0.25, 0.3) is 0 Å². The number of nitrogens with zero attached hydrogens (tertiary/aromatic N) is 1. The van der Waals surface area contributed by atoms with Gasteiger partial charge >= 0.3 is 0 Å². The molecule has 1 fully saturated rings. The first kappa shape index (κ1) is 11.0. The number of hydrogen-bond acceptors (Lipinski definition) is 1. The van der Waals surface area contributed by atoms with Crippen LogP contribution in [0.2, 0.25) is 0 Å². The second-order valence-electron chi connectivity index (χ2n) is 5.68. The summed E-state index contributed by atoms with van der Waals surface area (Å²) in [6.07, 6.45) is 2.75. The summed E-state index contributed by atoms with van der Waals surface area (Å²) in [6, 6.07) is 0. The fourth-order valence-electron chi connectivity index (χ4n) is 2.81. The SMILES string of the molecule is CC(C)C[C@]1(C)CN(C)CC[C@@H]1C. The topological polar surface area (TPSA) is 3.24 Å². The van der Waals surface area contributed by atoms with Crippen molar-refractivity contribution in [3.63, 3.8) is 0 Å². The lowest BCUT2D eigenvalue weighted by Gasteiger charge is -2.45. The van der Waals surface area contributed by atoms with Crippen LogP contribution in [-0.4, -0.2) is 25.0 Å². The summed E-state index contributed by atoms with van der Waals surface area (Å²) in [6.45, 7) is 12.1. The van der Waals surface area contributed by atoms with Gasteiger partial charge in [-0.15, -0.1) is 0 Å². The van der Waals surface area contributed by atoms with Gasteiger partial charge in [0.1, 0.15) is 0 Å². The molecule has 13 heavy (non-hydrogen) atoms. The van der Waals surface area contributed by atoms with Crippen LogP contribution in [0.5, 0.6) is 0 Å². The summed E-state index contributed by atoms with van der Waals surface area (Å²) in [7, 11) is 2.25. The second-order valence-corrected chi connectivity index (χ2v) is 5.68. The monoisotopic (exact) mass is 183 g/mol. The van der Waals surface area contributed by atoms with Gasteiger partial charge in [-0.05, 0) is 43.7 Å². The Morgan fingerprint density at radius 2 is 2.08 bits per heavy atom. The standard InChI is InChI=1S/C12H25N/c1-10(2)8-12(4)9-13(5)7-6-11(12)3/h10-11H,6-9H2,1-5H3/t11-,12+/m0/s1. The van der Waals surface area contributed by atoms with Gasteiger partial charge in [-0.3, -0.25) is 0 Å². The van der Waals surface area contributed by atoms with Gasteiger partial charge in [0.15, 0.2) is 0 Å². The molecule has 2 atom stereocenters. The van der Waals surface area contributed by atoms with E-state index in [0.717, 1.165) is 11.8 Å². The molecule has 0 bridgehead atoms. The van der Waals surface area contributed by atoms with Crippen molar-refractivity contribution < 1.29 is 0 Å². The van der Waals surface area contributed by atoms with Crippen LogP contribution < -0.4 is 0 Å². The number of hydrogen-bond donors (Lipinski definition) is 0. The van der Waals surface area contributed by atoms with Crippen LogP contribution in [-0.2, 0) is 0 Å². The molecule has 0 aromatic rings. The van der Waals surface area contributed by atoms with E-state index >= 15 is 0 Å². The maximum atomic E-state index is 2.49. The van der Waals surface area contributed by atoms with Crippen LogP contribution in [0.1, 0.15) is 40.5 Å². The van der Waals surface area contributed by atoms with Crippen LogP contribution >= 0.6 is 0 Å². The van der Waals surface area contributed by atoms with Gasteiger partial charge in [0.05, 0.1) is 0 Å². The lowest BCUT2D eigenvalue weighted by Crippen LogP contribution is -2.45. The Morgan fingerprint density at radius 3 is 2.62 bits per heavy atom. The van der Waals surface area contributed by atoms with Gasteiger partial charge in [-0.2, -0.15) is 0 Å². The maximum Gasteiger partial charge on any atom is 0.00349 e. The fraction of sp³-hybridized carbons (Fsp3) is 1.00. The molecule has 1 saturated heterocycles. The molecule has 0 spiro atoms. The summed E-state index contributed by atoms with van der Waals surface area (Å²) in [5.74, 6) is 1.73. The van der Waals surface area contributed by atoms with Crippen LogP contribution in [0.4, 0.5) is 0 Å². The van der Waals surface area contributed by atoms with Crippen molar-refractivity contribution in [1.82, 2.24) is 4.90 Å². The van der Waals surface area contributed by atoms with Gasteiger partial charge in [0.2, 0.25) is 0 Å². The van der Waals surface area contributed by atoms with E-state index in [0.29, 0.717) is 5.41 Å². The van der Waals surface area contributed by atoms with Crippen LogP contribution in [0.3, 0.4) is 0 Å². The molecule has 0 saturated carbocycles. The van der Waals surface area contributed by atoms with Crippen molar-refractivity contribution in [2.75, 3.05) is 20.1 Å². The summed E-state index contributed by atoms with van der Waals surface area (Å²) < 4.78 is 0. The molecule has 1 aliphatic heterocycles. The second kappa shape index (κ2) is 4.00. The lowest BCUT2D eigenvalue weighted by atomic mass is 9.69. The van der Waals surface area contributed by atoms with E-state index in [1.54, 1.807) is 0 Å². The van der Waals surface area contributed by atoms with E-state index < -0.39 is 0 Å². The molecule has 0 unspecified atom stereocenters. The maximum absolute atomic E-state index is 2.49. The molecule has 0 radical (unpaired) electrons. The molecule has 0 aromatic carbocycles. The summed E-state index contributed by atoms with van der Waals surface area (Å²) in [5, 5.41) is 0. The first-order valence-corrected chi connectivity index (χ1v) is 5.62. The highest BCUT2D eigenvalue weighted by molar-refractivity contribution is 4.87. The van der Waals surface area contributed by atoms with Crippen molar-refractivity contribution in [2.24, 2.45) is 17.3 Å². The van der Waals surface area contributed by atoms with Crippen LogP contribution in [0, 0.1) is 17.3 Å². The summed E-state index contributed by atoms with van der Waals surface area (Å²) in [4.78, 5) is 2.49. The van der Waals surface area contributed by atoms with Crippen molar-refractivity contribution in [3.05, 3.63) is 0 Å². The van der Waals surface area contributed by atoms with Crippen molar-refractivity contribution >= 4 is 0 Å². The molecule has 1 aliphatic rings. The number of rotatable bonds is 2. The molecule has 0 N–H and O–H groups in total. The van der Waals surface area contributed by atoms with Crippen molar-refractivity contribution in [3.8, 4) is 0 Å². The Kier molecular flexibility index (Phi) is 3.39. The highest BCUT2D eigenvalue weighted by Crippen LogP contribution is 2.39. The molecular formula is C12H25N. The highest BCUT2D eigenvalue weighted by atomic mass is 15.1. The first-order chi connectivity index (χ1) is 5.94. The third-order valence-electron chi connectivity index (χ3n) is 3.64. The van der Waals surface area contributed by atoms with Crippen LogP contribution in [0.15, 0.2) is 0 Å². The molecule has 1 heteroatoms. The fourth-order valence-corrected chi connectivity index (χ4v) is 2.81. The largest absolute Gasteiger partial charge is 0.306 e. The van der Waals surface area contributed by atoms with Gasteiger partial charge in [-0.1, -0.05) is 27.7 Å². The molecule has 0 amide bonds. The van der Waals surface area contributed by atoms with Gasteiger partial charge in [0, 0.05) is 6.54 Å². The Bertz CT molecular complexity index is 161. The van der Waals surface area contributed by atoms with Gasteiger partial charge in [-0.25, -0.2) is 0 Å². The predicted molar refractivity (Wildman–Crippen MR) is 58.8 cm³/mol. The Balaban J connectivity index is 2.61. The van der Waals surface area contributed by atoms with Crippen molar-refractivity contribution in [2.45, 2.75) is 40.5 Å². The van der Waals surface area contributed by atoms with E-state index in [2.05, 4.69) is 39.6 Å². The van der Waals surface area contributed by atoms with E-state index in [1.165, 1.54) is 25.9 Å².